The van der Waals surface area contributed by atoms with Crippen LogP contribution in [0.3, 0.4) is 0 Å². The third kappa shape index (κ3) is 4.70. The number of rotatable bonds is 7. The fraction of sp³-hybridized carbons (Fsp3) is 0.0833. The Kier molecular flexibility index (Phi) is 6.11. The van der Waals surface area contributed by atoms with Crippen molar-refractivity contribution in [2.24, 2.45) is 5.10 Å². The summed E-state index contributed by atoms with van der Waals surface area (Å²) in [6.45, 7) is 0.587. The standard InChI is InChI=1S/C24H20ClN3O2/c25-21-11-5-7-13-23(21)30-17-24(29)27-26-14-19-16-28(15-18-8-2-1-3-9-18)22-12-6-4-10-20(19)22/h1-14,16H,15,17H2,(H,27,29)/b26-14+. The van der Waals surface area contributed by atoms with Crippen LogP contribution in [0.15, 0.2) is 90.2 Å². The van der Waals surface area contributed by atoms with Gasteiger partial charge < -0.3 is 9.30 Å². The number of hydrogen-bond acceptors (Lipinski definition) is 3. The Morgan fingerprint density at radius 2 is 1.73 bits per heavy atom. The molecule has 30 heavy (non-hydrogen) atoms. The molecule has 0 unspecified atom stereocenters. The van der Waals surface area contributed by atoms with Crippen molar-refractivity contribution in [1.29, 1.82) is 0 Å². The van der Waals surface area contributed by atoms with E-state index in [1.165, 1.54) is 5.56 Å². The fourth-order valence-electron chi connectivity index (χ4n) is 3.20. The van der Waals surface area contributed by atoms with E-state index in [4.69, 9.17) is 16.3 Å². The van der Waals surface area contributed by atoms with Crippen molar-refractivity contribution in [3.05, 3.63) is 101 Å². The first-order chi connectivity index (χ1) is 14.7. The molecule has 0 fully saturated rings. The van der Waals surface area contributed by atoms with E-state index in [1.54, 1.807) is 30.5 Å². The van der Waals surface area contributed by atoms with Crippen molar-refractivity contribution < 1.29 is 9.53 Å². The van der Waals surface area contributed by atoms with Crippen molar-refractivity contribution in [3.8, 4) is 5.75 Å². The second kappa shape index (κ2) is 9.29. The first-order valence-corrected chi connectivity index (χ1v) is 9.89. The van der Waals surface area contributed by atoms with E-state index >= 15 is 0 Å². The molecule has 0 spiro atoms. The fourth-order valence-corrected chi connectivity index (χ4v) is 3.39. The molecule has 3 aromatic carbocycles. The lowest BCUT2D eigenvalue weighted by Crippen LogP contribution is -2.24. The van der Waals surface area contributed by atoms with Crippen molar-refractivity contribution in [2.75, 3.05) is 6.61 Å². The van der Waals surface area contributed by atoms with E-state index in [2.05, 4.69) is 33.3 Å². The highest BCUT2D eigenvalue weighted by molar-refractivity contribution is 6.32. The van der Waals surface area contributed by atoms with Crippen LogP contribution in [-0.4, -0.2) is 23.3 Å². The van der Waals surface area contributed by atoms with E-state index in [-0.39, 0.29) is 12.5 Å². The average Bonchev–Trinajstić information content (AvgIpc) is 3.11. The summed E-state index contributed by atoms with van der Waals surface area (Å²) < 4.78 is 7.60. The Morgan fingerprint density at radius 1 is 1.00 bits per heavy atom. The smallest absolute Gasteiger partial charge is 0.277 e. The number of halogens is 1. The van der Waals surface area contributed by atoms with Gasteiger partial charge in [-0.05, 0) is 23.8 Å². The lowest BCUT2D eigenvalue weighted by molar-refractivity contribution is -0.123. The van der Waals surface area contributed by atoms with Crippen LogP contribution in [0, 0.1) is 0 Å². The minimum absolute atomic E-state index is 0.170. The van der Waals surface area contributed by atoms with Crippen molar-refractivity contribution >= 4 is 34.6 Å². The van der Waals surface area contributed by atoms with Crippen molar-refractivity contribution in [2.45, 2.75) is 6.54 Å². The molecule has 150 valence electrons. The Hall–Kier alpha value is -3.57. The van der Waals surface area contributed by atoms with Crippen LogP contribution in [0.2, 0.25) is 5.02 Å². The van der Waals surface area contributed by atoms with Gasteiger partial charge in [0.25, 0.3) is 5.91 Å². The zero-order chi connectivity index (χ0) is 20.8. The lowest BCUT2D eigenvalue weighted by atomic mass is 10.2. The van der Waals surface area contributed by atoms with Gasteiger partial charge in [0.15, 0.2) is 6.61 Å². The van der Waals surface area contributed by atoms with Gasteiger partial charge in [-0.25, -0.2) is 5.43 Å². The normalized spacial score (nSPS) is 11.1. The van der Waals surface area contributed by atoms with Crippen LogP contribution in [0.25, 0.3) is 10.9 Å². The summed E-state index contributed by atoms with van der Waals surface area (Å²) in [7, 11) is 0. The number of amides is 1. The molecule has 1 N–H and O–H groups in total. The molecular weight excluding hydrogens is 398 g/mol. The maximum Gasteiger partial charge on any atom is 0.277 e. The number of fused-ring (bicyclic) bond motifs is 1. The minimum Gasteiger partial charge on any atom is -0.482 e. The van der Waals surface area contributed by atoms with Gasteiger partial charge in [0.2, 0.25) is 0 Å². The molecule has 0 saturated carbocycles. The molecular formula is C24H20ClN3O2. The predicted molar refractivity (Wildman–Crippen MR) is 120 cm³/mol. The molecule has 1 amide bonds. The number of hydrogen-bond donors (Lipinski definition) is 1. The quantitative estimate of drug-likeness (QED) is 0.344. The summed E-state index contributed by atoms with van der Waals surface area (Å²) in [5.41, 5.74) is 5.74. The van der Waals surface area contributed by atoms with Crippen LogP contribution < -0.4 is 10.2 Å². The number of benzene rings is 3. The highest BCUT2D eigenvalue weighted by atomic mass is 35.5. The van der Waals surface area contributed by atoms with Gasteiger partial charge in [-0.2, -0.15) is 5.10 Å². The van der Waals surface area contributed by atoms with Crippen LogP contribution >= 0.6 is 11.6 Å². The molecule has 0 aliphatic heterocycles. The van der Waals surface area contributed by atoms with E-state index in [9.17, 15) is 4.79 Å². The zero-order valence-corrected chi connectivity index (χ0v) is 16.9. The maximum atomic E-state index is 12.0. The number of ether oxygens (including phenoxy) is 1. The third-order valence-electron chi connectivity index (χ3n) is 4.60. The summed E-state index contributed by atoms with van der Waals surface area (Å²) in [4.78, 5) is 12.0. The summed E-state index contributed by atoms with van der Waals surface area (Å²) in [6, 6.07) is 25.4. The molecule has 5 nitrogen and oxygen atoms in total. The molecule has 0 aliphatic rings. The molecule has 4 aromatic rings. The zero-order valence-electron chi connectivity index (χ0n) is 16.2. The summed E-state index contributed by atoms with van der Waals surface area (Å²) in [5.74, 6) is 0.0986. The van der Waals surface area contributed by atoms with Crippen LogP contribution in [0.5, 0.6) is 5.75 Å². The molecule has 6 heteroatoms. The lowest BCUT2D eigenvalue weighted by Gasteiger charge is -2.06. The molecule has 0 radical (unpaired) electrons. The molecule has 0 bridgehead atoms. The number of nitrogens with zero attached hydrogens (tertiary/aromatic N) is 2. The highest BCUT2D eigenvalue weighted by Crippen LogP contribution is 2.23. The van der Waals surface area contributed by atoms with E-state index < -0.39 is 0 Å². The van der Waals surface area contributed by atoms with Crippen LogP contribution in [-0.2, 0) is 11.3 Å². The van der Waals surface area contributed by atoms with Crippen molar-refractivity contribution in [3.63, 3.8) is 0 Å². The Morgan fingerprint density at radius 3 is 2.57 bits per heavy atom. The summed E-state index contributed by atoms with van der Waals surface area (Å²) in [6.07, 6.45) is 3.69. The van der Waals surface area contributed by atoms with Gasteiger partial charge >= 0.3 is 0 Å². The molecule has 0 saturated heterocycles. The monoisotopic (exact) mass is 417 g/mol. The van der Waals surface area contributed by atoms with E-state index in [0.29, 0.717) is 10.8 Å². The predicted octanol–water partition coefficient (Wildman–Crippen LogP) is 4.87. The van der Waals surface area contributed by atoms with Gasteiger partial charge in [0, 0.05) is 29.2 Å². The third-order valence-corrected chi connectivity index (χ3v) is 4.92. The highest BCUT2D eigenvalue weighted by Gasteiger charge is 2.08. The largest absolute Gasteiger partial charge is 0.482 e. The SMILES string of the molecule is O=C(COc1ccccc1Cl)N/N=C/c1cn(Cc2ccccc2)c2ccccc12. The molecule has 0 atom stereocenters. The van der Waals surface area contributed by atoms with Gasteiger partial charge in [-0.3, -0.25) is 4.79 Å². The van der Waals surface area contributed by atoms with E-state index in [1.807, 2.05) is 42.6 Å². The second-order valence-corrected chi connectivity index (χ2v) is 7.13. The number of hydrazone groups is 1. The average molecular weight is 418 g/mol. The first-order valence-electron chi connectivity index (χ1n) is 9.52. The van der Waals surface area contributed by atoms with Gasteiger partial charge in [-0.1, -0.05) is 72.3 Å². The first kappa shape index (κ1) is 19.7. The van der Waals surface area contributed by atoms with Gasteiger partial charge in [0.1, 0.15) is 5.75 Å². The Bertz CT molecular complexity index is 1190. The number of nitrogens with one attached hydrogen (secondary N) is 1. The Balaban J connectivity index is 1.44. The van der Waals surface area contributed by atoms with Crippen molar-refractivity contribution in [1.82, 2.24) is 9.99 Å². The van der Waals surface area contributed by atoms with Gasteiger partial charge in [0.05, 0.1) is 11.2 Å². The topological polar surface area (TPSA) is 55.6 Å². The van der Waals surface area contributed by atoms with Crippen LogP contribution in [0.4, 0.5) is 0 Å². The number of aromatic nitrogens is 1. The molecule has 4 rings (SSSR count). The molecule has 1 heterocycles. The number of carbonyl (C=O) groups excluding carboxylic acids is 1. The Labute approximate surface area is 179 Å². The summed E-state index contributed by atoms with van der Waals surface area (Å²) in [5, 5.41) is 5.62. The maximum absolute atomic E-state index is 12.0. The molecule has 1 aromatic heterocycles. The number of carbonyl (C=O) groups is 1. The number of para-hydroxylation sites is 2. The van der Waals surface area contributed by atoms with Crippen LogP contribution in [0.1, 0.15) is 11.1 Å². The van der Waals surface area contributed by atoms with E-state index in [0.717, 1.165) is 23.0 Å². The second-order valence-electron chi connectivity index (χ2n) is 6.73. The summed E-state index contributed by atoms with van der Waals surface area (Å²) >= 11 is 6.02. The van der Waals surface area contributed by atoms with Gasteiger partial charge in [-0.15, -0.1) is 0 Å². The minimum atomic E-state index is -0.362. The molecule has 0 aliphatic carbocycles.